The highest BCUT2D eigenvalue weighted by Gasteiger charge is 2.09. The van der Waals surface area contributed by atoms with Crippen LogP contribution in [0.1, 0.15) is 117 Å². The van der Waals surface area contributed by atoms with Crippen molar-refractivity contribution < 1.29 is 0 Å². The lowest BCUT2D eigenvalue weighted by atomic mass is 9.89. The first-order chi connectivity index (χ1) is 21.4. The predicted molar refractivity (Wildman–Crippen MR) is 208 cm³/mol. The molecule has 0 atom stereocenters. The number of hydrogen-bond donors (Lipinski definition) is 0. The Balaban J connectivity index is 0.000000547. The molecule has 0 nitrogen and oxygen atoms in total. The highest BCUT2D eigenvalue weighted by atomic mass is 32.1. The molecular formula is C44H68S. The largest absolute Gasteiger partial charge is 0.149 e. The Bertz CT molecular complexity index is 1120. The van der Waals surface area contributed by atoms with Crippen LogP contribution >= 0.6 is 11.3 Å². The van der Waals surface area contributed by atoms with Crippen molar-refractivity contribution in [3.8, 4) is 0 Å². The molecule has 4 aromatic rings. The van der Waals surface area contributed by atoms with Crippen LogP contribution in [0.5, 0.6) is 0 Å². The Morgan fingerprint density at radius 1 is 0.533 bits per heavy atom. The maximum Gasteiger partial charge on any atom is 0.00477 e. The standard InChI is InChI=1S/C12H18.C10H14.C8H12S.C8H10.C6H14/c1-12(2,3)10-9-11-7-5-4-6-8-11;1-9(2)8-10-6-4-3-5-7-10;1-7(2)6-8-4-3-5-9-8;1-2-8-6-4-3-5-7-8;1-4-5-6(2)3/h4-8H,9-10H2,1-3H3;3-7,9H,8H2,1-2H3;3-5,7H,6H2,1-2H3;3-7H,2H2,1H3;6H,4-5H2,1-3H3. The molecule has 1 heterocycles. The molecule has 0 saturated heterocycles. The minimum Gasteiger partial charge on any atom is -0.149 e. The summed E-state index contributed by atoms with van der Waals surface area (Å²) in [6, 6.07) is 36.1. The molecular weight excluding hydrogens is 561 g/mol. The number of rotatable bonds is 9. The lowest BCUT2D eigenvalue weighted by molar-refractivity contribution is 0.378. The van der Waals surface area contributed by atoms with E-state index in [2.05, 4.69) is 179 Å². The van der Waals surface area contributed by atoms with Crippen LogP contribution in [0.2, 0.25) is 0 Å². The summed E-state index contributed by atoms with van der Waals surface area (Å²) >= 11 is 1.85. The molecule has 0 aliphatic heterocycles. The molecule has 3 aromatic carbocycles. The molecule has 0 N–H and O–H groups in total. The molecule has 0 spiro atoms. The van der Waals surface area contributed by atoms with Gasteiger partial charge >= 0.3 is 0 Å². The van der Waals surface area contributed by atoms with Crippen LogP contribution in [0.25, 0.3) is 0 Å². The quantitative estimate of drug-likeness (QED) is 0.173. The Kier molecular flexibility index (Phi) is 25.0. The lowest BCUT2D eigenvalue weighted by Crippen LogP contribution is -2.06. The van der Waals surface area contributed by atoms with Gasteiger partial charge < -0.3 is 0 Å². The van der Waals surface area contributed by atoms with Crippen LogP contribution in [0.4, 0.5) is 0 Å². The second-order valence-electron chi connectivity index (χ2n) is 14.3. The van der Waals surface area contributed by atoms with Crippen molar-refractivity contribution in [2.45, 2.75) is 121 Å². The van der Waals surface area contributed by atoms with Gasteiger partial charge in [0.2, 0.25) is 0 Å². The molecule has 1 heteroatoms. The van der Waals surface area contributed by atoms with Gasteiger partial charge in [0.15, 0.2) is 0 Å². The lowest BCUT2D eigenvalue weighted by Gasteiger charge is -2.17. The van der Waals surface area contributed by atoms with Gasteiger partial charge in [0, 0.05) is 4.88 Å². The van der Waals surface area contributed by atoms with E-state index >= 15 is 0 Å². The van der Waals surface area contributed by atoms with Gasteiger partial charge in [-0.25, -0.2) is 0 Å². The summed E-state index contributed by atoms with van der Waals surface area (Å²) in [6.07, 6.45) is 8.73. The van der Waals surface area contributed by atoms with Crippen LogP contribution in [0, 0.1) is 23.2 Å². The van der Waals surface area contributed by atoms with Gasteiger partial charge in [-0.05, 0) is 83.4 Å². The topological polar surface area (TPSA) is 0 Å². The molecule has 0 saturated carbocycles. The van der Waals surface area contributed by atoms with E-state index in [1.54, 1.807) is 0 Å². The fourth-order valence-electron chi connectivity index (χ4n) is 4.37. The van der Waals surface area contributed by atoms with E-state index in [0.29, 0.717) is 5.41 Å². The molecule has 1 aromatic heterocycles. The van der Waals surface area contributed by atoms with Crippen LogP contribution in [-0.2, 0) is 25.7 Å². The maximum atomic E-state index is 2.29. The normalized spacial score (nSPS) is 10.4. The SMILES string of the molecule is CC(C)(C)CCc1ccccc1.CC(C)Cc1ccccc1.CC(C)Cc1cccs1.CCCC(C)C.CCc1ccccc1. The second-order valence-corrected chi connectivity index (χ2v) is 15.4. The van der Waals surface area contributed by atoms with Gasteiger partial charge in [0.25, 0.3) is 0 Å². The third-order valence-electron chi connectivity index (χ3n) is 6.80. The van der Waals surface area contributed by atoms with Crippen LogP contribution in [0.3, 0.4) is 0 Å². The van der Waals surface area contributed by atoms with E-state index in [9.17, 15) is 0 Å². The molecule has 0 aliphatic rings. The average Bonchev–Trinajstić information content (AvgIpc) is 3.51. The van der Waals surface area contributed by atoms with E-state index < -0.39 is 0 Å². The van der Waals surface area contributed by atoms with Crippen molar-refractivity contribution in [3.05, 3.63) is 130 Å². The molecule has 0 fully saturated rings. The van der Waals surface area contributed by atoms with Gasteiger partial charge in [0.05, 0.1) is 0 Å². The average molecular weight is 629 g/mol. The molecule has 250 valence electrons. The van der Waals surface area contributed by atoms with E-state index in [1.165, 1.54) is 60.1 Å². The second kappa shape index (κ2) is 26.6. The summed E-state index contributed by atoms with van der Waals surface area (Å²) in [7, 11) is 0. The van der Waals surface area contributed by atoms with Crippen molar-refractivity contribution >= 4 is 11.3 Å². The number of thiophene rings is 1. The van der Waals surface area contributed by atoms with Gasteiger partial charge in [-0.2, -0.15) is 0 Å². The number of aryl methyl sites for hydroxylation is 2. The third kappa shape index (κ3) is 28.6. The first kappa shape index (κ1) is 42.4. The van der Waals surface area contributed by atoms with Crippen molar-refractivity contribution in [3.63, 3.8) is 0 Å². The number of hydrogen-bond acceptors (Lipinski definition) is 1. The fraction of sp³-hybridized carbons (Fsp3) is 0.500. The van der Waals surface area contributed by atoms with E-state index in [0.717, 1.165) is 24.2 Å². The van der Waals surface area contributed by atoms with Crippen molar-refractivity contribution in [2.75, 3.05) is 0 Å². The van der Waals surface area contributed by atoms with Crippen LogP contribution in [-0.4, -0.2) is 0 Å². The smallest absolute Gasteiger partial charge is 0.00477 e. The fourth-order valence-corrected chi connectivity index (χ4v) is 5.29. The Hall–Kier alpha value is -2.64. The Labute approximate surface area is 284 Å². The summed E-state index contributed by atoms with van der Waals surface area (Å²) in [5.41, 5.74) is 4.76. The minimum atomic E-state index is 0.454. The first-order valence-corrected chi connectivity index (χ1v) is 18.4. The molecule has 4 rings (SSSR count). The van der Waals surface area contributed by atoms with Crippen molar-refractivity contribution in [1.29, 1.82) is 0 Å². The highest BCUT2D eigenvalue weighted by molar-refractivity contribution is 7.09. The summed E-state index contributed by atoms with van der Waals surface area (Å²) in [5.74, 6) is 2.46. The zero-order valence-electron chi connectivity index (χ0n) is 31.0. The summed E-state index contributed by atoms with van der Waals surface area (Å²) < 4.78 is 0. The maximum absolute atomic E-state index is 2.29. The zero-order chi connectivity index (χ0) is 33.9. The van der Waals surface area contributed by atoms with Crippen molar-refractivity contribution in [1.82, 2.24) is 0 Å². The monoisotopic (exact) mass is 629 g/mol. The van der Waals surface area contributed by atoms with E-state index in [1.807, 2.05) is 17.4 Å². The molecule has 0 unspecified atom stereocenters. The highest BCUT2D eigenvalue weighted by Crippen LogP contribution is 2.21. The Morgan fingerprint density at radius 3 is 1.31 bits per heavy atom. The molecule has 45 heavy (non-hydrogen) atoms. The van der Waals surface area contributed by atoms with Gasteiger partial charge in [0.1, 0.15) is 0 Å². The van der Waals surface area contributed by atoms with Crippen LogP contribution in [0.15, 0.2) is 109 Å². The first-order valence-electron chi connectivity index (χ1n) is 17.5. The summed E-state index contributed by atoms with van der Waals surface area (Å²) in [6.45, 7) is 24.7. The van der Waals surface area contributed by atoms with Crippen molar-refractivity contribution in [2.24, 2.45) is 23.2 Å². The number of benzene rings is 3. The van der Waals surface area contributed by atoms with Gasteiger partial charge in [-0.3, -0.25) is 0 Å². The molecule has 0 aliphatic carbocycles. The van der Waals surface area contributed by atoms with Crippen LogP contribution < -0.4 is 0 Å². The third-order valence-corrected chi connectivity index (χ3v) is 7.70. The molecule has 0 amide bonds. The Morgan fingerprint density at radius 2 is 1.00 bits per heavy atom. The van der Waals surface area contributed by atoms with E-state index in [4.69, 9.17) is 0 Å². The van der Waals surface area contributed by atoms with Gasteiger partial charge in [-0.15, -0.1) is 11.3 Å². The zero-order valence-corrected chi connectivity index (χ0v) is 31.8. The predicted octanol–water partition coefficient (Wildman–Crippen LogP) is 14.2. The summed E-state index contributed by atoms with van der Waals surface area (Å²) in [4.78, 5) is 1.50. The van der Waals surface area contributed by atoms with Gasteiger partial charge in [-0.1, -0.05) is 186 Å². The minimum absolute atomic E-state index is 0.454. The molecule has 0 radical (unpaired) electrons. The summed E-state index contributed by atoms with van der Waals surface area (Å²) in [5, 5.41) is 2.14. The molecule has 0 bridgehead atoms. The van der Waals surface area contributed by atoms with E-state index in [-0.39, 0.29) is 0 Å².